The number of phenols is 1. The molecule has 1 heterocycles. The molecular formula is C22H23NO4. The molecule has 3 rings (SSSR count). The minimum atomic E-state index is -0.726. The van der Waals surface area contributed by atoms with Gasteiger partial charge in [-0.15, -0.1) is 0 Å². The number of Topliss-reactive ketones (excluding diaryl/α,β-unsaturated/α-hetero) is 1. The highest BCUT2D eigenvalue weighted by Gasteiger charge is 2.43. The number of aliphatic hydroxyl groups excluding tert-OH is 1. The van der Waals surface area contributed by atoms with Gasteiger partial charge in [-0.2, -0.15) is 0 Å². The first-order chi connectivity index (χ1) is 12.8. The van der Waals surface area contributed by atoms with Crippen LogP contribution in [0.2, 0.25) is 0 Å². The van der Waals surface area contributed by atoms with Gasteiger partial charge in [0.1, 0.15) is 5.75 Å². The molecule has 2 aromatic rings. The van der Waals surface area contributed by atoms with E-state index in [0.29, 0.717) is 17.2 Å². The van der Waals surface area contributed by atoms with Crippen LogP contribution < -0.4 is 4.90 Å². The summed E-state index contributed by atoms with van der Waals surface area (Å²) in [7, 11) is 0. The third-order valence-corrected chi connectivity index (χ3v) is 4.88. The first-order valence-corrected chi connectivity index (χ1v) is 9.03. The molecule has 0 spiro atoms. The van der Waals surface area contributed by atoms with Crippen LogP contribution in [-0.4, -0.2) is 21.9 Å². The fraction of sp³-hybridized carbons (Fsp3) is 0.273. The van der Waals surface area contributed by atoms with Crippen LogP contribution in [0.1, 0.15) is 50.3 Å². The highest BCUT2D eigenvalue weighted by atomic mass is 16.3. The third kappa shape index (κ3) is 3.33. The Morgan fingerprint density at radius 1 is 1.04 bits per heavy atom. The standard InChI is InChI=1S/C22H23NO4/c1-4-18(25)19-20(15-7-11-17(24)12-8-15)23(22(27)21(19)26)16-9-5-14(6-10-16)13(2)3/h5-13,20,24,26H,4H2,1-3H3. The van der Waals surface area contributed by atoms with Gasteiger partial charge in [-0.3, -0.25) is 14.5 Å². The third-order valence-electron chi connectivity index (χ3n) is 4.88. The Hall–Kier alpha value is -3.08. The van der Waals surface area contributed by atoms with Crippen LogP contribution in [0, 0.1) is 0 Å². The number of hydrogen-bond acceptors (Lipinski definition) is 4. The van der Waals surface area contributed by atoms with Crippen LogP contribution in [0.5, 0.6) is 5.75 Å². The zero-order chi connectivity index (χ0) is 19.7. The number of carbonyl (C=O) groups is 2. The lowest BCUT2D eigenvalue weighted by atomic mass is 9.94. The van der Waals surface area contributed by atoms with Crippen molar-refractivity contribution < 1.29 is 19.8 Å². The summed E-state index contributed by atoms with van der Waals surface area (Å²) in [4.78, 5) is 26.8. The first kappa shape index (κ1) is 18.7. The summed E-state index contributed by atoms with van der Waals surface area (Å²) in [6.45, 7) is 5.86. The van der Waals surface area contributed by atoms with Gasteiger partial charge in [0.2, 0.25) is 0 Å². The zero-order valence-corrected chi connectivity index (χ0v) is 15.6. The Bertz CT molecular complexity index is 895. The molecule has 2 aromatic carbocycles. The fourth-order valence-corrected chi connectivity index (χ4v) is 3.34. The molecule has 0 saturated heterocycles. The largest absolute Gasteiger partial charge is 0.508 e. The van der Waals surface area contributed by atoms with Crippen molar-refractivity contribution in [2.75, 3.05) is 4.90 Å². The molecule has 27 heavy (non-hydrogen) atoms. The van der Waals surface area contributed by atoms with E-state index in [9.17, 15) is 19.8 Å². The molecule has 0 radical (unpaired) electrons. The molecule has 1 atom stereocenters. The maximum absolute atomic E-state index is 12.8. The predicted octanol–water partition coefficient (Wildman–Crippen LogP) is 4.39. The van der Waals surface area contributed by atoms with Crippen LogP contribution in [-0.2, 0) is 9.59 Å². The van der Waals surface area contributed by atoms with Crippen molar-refractivity contribution in [1.29, 1.82) is 0 Å². The molecule has 0 aliphatic carbocycles. The summed E-state index contributed by atoms with van der Waals surface area (Å²) in [6.07, 6.45) is 0.182. The quantitative estimate of drug-likeness (QED) is 0.823. The molecule has 0 saturated carbocycles. The maximum atomic E-state index is 12.8. The number of aliphatic hydroxyl groups is 1. The number of nitrogens with zero attached hydrogens (tertiary/aromatic N) is 1. The smallest absolute Gasteiger partial charge is 0.294 e. The lowest BCUT2D eigenvalue weighted by Crippen LogP contribution is -2.31. The lowest BCUT2D eigenvalue weighted by Gasteiger charge is -2.27. The molecule has 1 aliphatic heterocycles. The SMILES string of the molecule is CCC(=O)C1=C(O)C(=O)N(c2ccc(C(C)C)cc2)C1c1ccc(O)cc1. The summed E-state index contributed by atoms with van der Waals surface area (Å²) in [5.74, 6) is -0.937. The van der Waals surface area contributed by atoms with E-state index in [4.69, 9.17) is 0 Å². The summed E-state index contributed by atoms with van der Waals surface area (Å²) in [5, 5.41) is 20.0. The Labute approximate surface area is 158 Å². The second-order valence-electron chi connectivity index (χ2n) is 6.95. The predicted molar refractivity (Wildman–Crippen MR) is 104 cm³/mol. The number of rotatable bonds is 5. The van der Waals surface area contributed by atoms with E-state index in [1.54, 1.807) is 19.1 Å². The average molecular weight is 365 g/mol. The second kappa shape index (κ2) is 7.27. The van der Waals surface area contributed by atoms with Crippen molar-refractivity contribution in [2.45, 2.75) is 39.2 Å². The number of aromatic hydroxyl groups is 1. The number of phenolic OH excluding ortho intramolecular Hbond substituents is 1. The van der Waals surface area contributed by atoms with Gasteiger partial charge in [0, 0.05) is 12.1 Å². The topological polar surface area (TPSA) is 77.8 Å². The van der Waals surface area contributed by atoms with Crippen LogP contribution in [0.15, 0.2) is 59.9 Å². The fourth-order valence-electron chi connectivity index (χ4n) is 3.34. The van der Waals surface area contributed by atoms with E-state index >= 15 is 0 Å². The molecule has 5 heteroatoms. The van der Waals surface area contributed by atoms with Gasteiger partial charge in [-0.05, 0) is 41.3 Å². The van der Waals surface area contributed by atoms with Crippen LogP contribution in [0.3, 0.4) is 0 Å². The van der Waals surface area contributed by atoms with Crippen LogP contribution >= 0.6 is 0 Å². The normalized spacial score (nSPS) is 17.1. The number of amides is 1. The van der Waals surface area contributed by atoms with Gasteiger partial charge < -0.3 is 10.2 Å². The van der Waals surface area contributed by atoms with E-state index in [1.165, 1.54) is 17.0 Å². The summed E-state index contributed by atoms with van der Waals surface area (Å²) < 4.78 is 0. The Morgan fingerprint density at radius 3 is 2.15 bits per heavy atom. The molecule has 0 bridgehead atoms. The minimum absolute atomic E-state index is 0.0903. The van der Waals surface area contributed by atoms with Gasteiger partial charge in [0.25, 0.3) is 5.91 Å². The lowest BCUT2D eigenvalue weighted by molar-refractivity contribution is -0.118. The first-order valence-electron chi connectivity index (χ1n) is 9.03. The average Bonchev–Trinajstić information content (AvgIpc) is 2.93. The molecule has 0 aromatic heterocycles. The van der Waals surface area contributed by atoms with Crippen molar-refractivity contribution in [1.82, 2.24) is 0 Å². The van der Waals surface area contributed by atoms with E-state index in [2.05, 4.69) is 13.8 Å². The molecule has 5 nitrogen and oxygen atoms in total. The Balaban J connectivity index is 2.12. The summed E-state index contributed by atoms with van der Waals surface area (Å²) >= 11 is 0. The van der Waals surface area contributed by atoms with E-state index in [0.717, 1.165) is 5.56 Å². The highest BCUT2D eigenvalue weighted by Crippen LogP contribution is 2.41. The summed E-state index contributed by atoms with van der Waals surface area (Å²) in [5.41, 5.74) is 2.48. The number of hydrogen-bond donors (Lipinski definition) is 2. The number of carbonyl (C=O) groups excluding carboxylic acids is 2. The van der Waals surface area contributed by atoms with Crippen molar-refractivity contribution in [3.05, 3.63) is 71.0 Å². The van der Waals surface area contributed by atoms with Crippen LogP contribution in [0.4, 0.5) is 5.69 Å². The van der Waals surface area contributed by atoms with Crippen molar-refractivity contribution >= 4 is 17.4 Å². The van der Waals surface area contributed by atoms with Crippen molar-refractivity contribution in [3.63, 3.8) is 0 Å². The Kier molecular flexibility index (Phi) is 5.04. The monoisotopic (exact) mass is 365 g/mol. The zero-order valence-electron chi connectivity index (χ0n) is 15.6. The molecule has 1 aliphatic rings. The molecular weight excluding hydrogens is 342 g/mol. The molecule has 140 valence electrons. The molecule has 0 fully saturated rings. The van der Waals surface area contributed by atoms with E-state index < -0.39 is 17.7 Å². The molecule has 2 N–H and O–H groups in total. The van der Waals surface area contributed by atoms with Gasteiger partial charge in [0.15, 0.2) is 11.5 Å². The van der Waals surface area contributed by atoms with E-state index in [-0.39, 0.29) is 23.5 Å². The molecule has 1 unspecified atom stereocenters. The maximum Gasteiger partial charge on any atom is 0.294 e. The summed E-state index contributed by atoms with van der Waals surface area (Å²) in [6, 6.07) is 13.1. The highest BCUT2D eigenvalue weighted by molar-refractivity contribution is 6.16. The van der Waals surface area contributed by atoms with Crippen LogP contribution in [0.25, 0.3) is 0 Å². The van der Waals surface area contributed by atoms with Gasteiger partial charge in [-0.25, -0.2) is 0 Å². The van der Waals surface area contributed by atoms with Gasteiger partial charge in [-0.1, -0.05) is 45.0 Å². The minimum Gasteiger partial charge on any atom is -0.508 e. The van der Waals surface area contributed by atoms with Crippen molar-refractivity contribution in [3.8, 4) is 5.75 Å². The number of ketones is 1. The molecule has 1 amide bonds. The van der Waals surface area contributed by atoms with Gasteiger partial charge >= 0.3 is 0 Å². The van der Waals surface area contributed by atoms with Gasteiger partial charge in [0.05, 0.1) is 11.6 Å². The Morgan fingerprint density at radius 2 is 1.63 bits per heavy atom. The number of benzene rings is 2. The van der Waals surface area contributed by atoms with E-state index in [1.807, 2.05) is 24.3 Å². The second-order valence-corrected chi connectivity index (χ2v) is 6.95. The van der Waals surface area contributed by atoms with Crippen molar-refractivity contribution in [2.24, 2.45) is 0 Å². The number of anilines is 1.